The van der Waals surface area contributed by atoms with E-state index >= 15 is 0 Å². The third-order valence-electron chi connectivity index (χ3n) is 4.49. The number of hydrogen-bond donors (Lipinski definition) is 0. The minimum absolute atomic E-state index is 0.188. The quantitative estimate of drug-likeness (QED) is 0.664. The second-order valence-electron chi connectivity index (χ2n) is 8.13. The molecule has 0 aromatic rings. The van der Waals surface area contributed by atoms with Crippen LogP contribution in [-0.2, 0) is 8.85 Å². The van der Waals surface area contributed by atoms with Gasteiger partial charge < -0.3 is 8.85 Å². The van der Waals surface area contributed by atoms with Crippen LogP contribution in [0.1, 0.15) is 52.9 Å². The van der Waals surface area contributed by atoms with Gasteiger partial charge in [0.2, 0.25) is 0 Å². The molecule has 5 heteroatoms. The van der Waals surface area contributed by atoms with E-state index in [4.69, 9.17) is 8.85 Å². The highest BCUT2D eigenvalue weighted by Gasteiger charge is 2.40. The Morgan fingerprint density at radius 1 is 1.14 bits per heavy atom. The van der Waals surface area contributed by atoms with Gasteiger partial charge in [0.25, 0.3) is 0 Å². The van der Waals surface area contributed by atoms with Crippen LogP contribution in [0.2, 0.25) is 19.6 Å². The van der Waals surface area contributed by atoms with E-state index in [1.54, 1.807) is 0 Å². The van der Waals surface area contributed by atoms with Crippen molar-refractivity contribution in [2.75, 3.05) is 19.5 Å². The van der Waals surface area contributed by atoms with Crippen molar-refractivity contribution in [3.63, 3.8) is 0 Å². The topological polar surface area (TPSA) is 21.7 Å². The monoisotopic (exact) mass is 331 g/mol. The molecule has 3 nitrogen and oxygen atoms in total. The third-order valence-corrected chi connectivity index (χ3v) is 8.21. The van der Waals surface area contributed by atoms with Gasteiger partial charge >= 0.3 is 8.56 Å². The fourth-order valence-electron chi connectivity index (χ4n) is 3.13. The van der Waals surface area contributed by atoms with Crippen LogP contribution in [0.15, 0.2) is 0 Å². The van der Waals surface area contributed by atoms with Gasteiger partial charge in [0.1, 0.15) is 0 Å². The third kappa shape index (κ3) is 6.52. The Morgan fingerprint density at radius 2 is 1.71 bits per heavy atom. The highest BCUT2D eigenvalue weighted by atomic mass is 28.4. The number of rotatable bonds is 7. The van der Waals surface area contributed by atoms with Crippen LogP contribution in [0, 0.1) is 0 Å². The summed E-state index contributed by atoms with van der Waals surface area (Å²) in [5.41, 5.74) is 0.188. The SMILES string of the molecule is CO[Si](C)(CN(C1CCCCC1)C(C)(C)C)OC[SiH](C)C. The van der Waals surface area contributed by atoms with Crippen molar-refractivity contribution in [1.29, 1.82) is 0 Å². The Kier molecular flexibility index (Phi) is 7.60. The summed E-state index contributed by atoms with van der Waals surface area (Å²) in [7, 11) is -0.931. The van der Waals surface area contributed by atoms with Gasteiger partial charge in [-0.2, -0.15) is 0 Å². The van der Waals surface area contributed by atoms with Crippen molar-refractivity contribution < 1.29 is 8.85 Å². The summed E-state index contributed by atoms with van der Waals surface area (Å²) < 4.78 is 12.2. The van der Waals surface area contributed by atoms with Crippen molar-refractivity contribution >= 4 is 17.4 Å². The Hall–Kier alpha value is 0.314. The van der Waals surface area contributed by atoms with E-state index in [-0.39, 0.29) is 5.54 Å². The molecule has 126 valence electrons. The van der Waals surface area contributed by atoms with Crippen LogP contribution in [0.4, 0.5) is 0 Å². The van der Waals surface area contributed by atoms with E-state index in [2.05, 4.69) is 45.3 Å². The minimum Gasteiger partial charge on any atom is -0.397 e. The lowest BCUT2D eigenvalue weighted by molar-refractivity contribution is 0.0627. The second kappa shape index (κ2) is 8.25. The zero-order chi connectivity index (χ0) is 16.1. The molecule has 0 saturated heterocycles. The second-order valence-corrected chi connectivity index (χ2v) is 14.5. The van der Waals surface area contributed by atoms with E-state index in [1.165, 1.54) is 32.1 Å². The molecule has 1 saturated carbocycles. The molecule has 0 aliphatic heterocycles. The van der Waals surface area contributed by atoms with Gasteiger partial charge in [-0.1, -0.05) is 32.4 Å². The standard InChI is InChI=1S/C16H37NO2Si2/c1-16(2,3)17(15-11-9-8-10-12-15)13-21(7,18-4)19-14-20(5)6/h15,20H,8-14H2,1-7H3. The summed E-state index contributed by atoms with van der Waals surface area (Å²) in [6.07, 6.45) is 8.78. The van der Waals surface area contributed by atoms with Crippen LogP contribution in [0.3, 0.4) is 0 Å². The van der Waals surface area contributed by atoms with Gasteiger partial charge in [-0.3, -0.25) is 4.90 Å². The van der Waals surface area contributed by atoms with Crippen LogP contribution in [-0.4, -0.2) is 53.3 Å². The van der Waals surface area contributed by atoms with Crippen molar-refractivity contribution in [3.8, 4) is 0 Å². The molecule has 1 atom stereocenters. The molecule has 1 rings (SSSR count). The van der Waals surface area contributed by atoms with Crippen molar-refractivity contribution in [3.05, 3.63) is 0 Å². The van der Waals surface area contributed by atoms with Crippen LogP contribution in [0.25, 0.3) is 0 Å². The summed E-state index contributed by atoms with van der Waals surface area (Å²) in [6.45, 7) is 13.9. The summed E-state index contributed by atoms with van der Waals surface area (Å²) >= 11 is 0. The largest absolute Gasteiger partial charge is 0.397 e. The zero-order valence-corrected chi connectivity index (χ0v) is 17.5. The van der Waals surface area contributed by atoms with Gasteiger partial charge in [-0.25, -0.2) is 0 Å². The van der Waals surface area contributed by atoms with Gasteiger partial charge in [0.05, 0.1) is 8.80 Å². The Labute approximate surface area is 135 Å². The molecule has 21 heavy (non-hydrogen) atoms. The summed E-state index contributed by atoms with van der Waals surface area (Å²) in [5.74, 6) is 0. The minimum atomic E-state index is -2.08. The Balaban J connectivity index is 2.77. The highest BCUT2D eigenvalue weighted by Crippen LogP contribution is 2.29. The lowest BCUT2D eigenvalue weighted by atomic mass is 9.91. The first-order valence-electron chi connectivity index (χ1n) is 8.64. The molecule has 0 radical (unpaired) electrons. The summed E-state index contributed by atoms with van der Waals surface area (Å²) in [4.78, 5) is 2.68. The van der Waals surface area contributed by atoms with E-state index in [0.29, 0.717) is 6.04 Å². The predicted molar refractivity (Wildman–Crippen MR) is 96.8 cm³/mol. The molecule has 1 unspecified atom stereocenters. The van der Waals surface area contributed by atoms with Crippen molar-refractivity contribution in [2.45, 2.75) is 84.1 Å². The predicted octanol–water partition coefficient (Wildman–Crippen LogP) is 3.72. The van der Waals surface area contributed by atoms with Crippen LogP contribution >= 0.6 is 0 Å². The molecule has 1 aliphatic rings. The summed E-state index contributed by atoms with van der Waals surface area (Å²) in [5, 5.41) is 0. The zero-order valence-electron chi connectivity index (χ0n) is 15.4. The Bertz CT molecular complexity index is 301. The van der Waals surface area contributed by atoms with Gasteiger partial charge in [-0.05, 0) is 40.2 Å². The molecular weight excluding hydrogens is 294 g/mol. The number of nitrogens with zero attached hydrogens (tertiary/aromatic N) is 1. The first-order chi connectivity index (χ1) is 9.68. The number of hydrogen-bond acceptors (Lipinski definition) is 3. The van der Waals surface area contributed by atoms with Crippen molar-refractivity contribution in [1.82, 2.24) is 4.90 Å². The average Bonchev–Trinajstić information content (AvgIpc) is 2.42. The lowest BCUT2D eigenvalue weighted by Crippen LogP contribution is -2.59. The van der Waals surface area contributed by atoms with Crippen molar-refractivity contribution in [2.24, 2.45) is 0 Å². The fourth-order valence-corrected chi connectivity index (χ4v) is 7.56. The Morgan fingerprint density at radius 3 is 2.14 bits per heavy atom. The maximum absolute atomic E-state index is 6.29. The fraction of sp³-hybridized carbons (Fsp3) is 1.00. The van der Waals surface area contributed by atoms with Crippen LogP contribution in [0.5, 0.6) is 0 Å². The van der Waals surface area contributed by atoms with Gasteiger partial charge in [-0.15, -0.1) is 0 Å². The average molecular weight is 332 g/mol. The van der Waals surface area contributed by atoms with E-state index in [1.807, 2.05) is 7.11 Å². The molecule has 0 N–H and O–H groups in total. The van der Waals surface area contributed by atoms with Gasteiger partial charge in [0.15, 0.2) is 0 Å². The summed E-state index contributed by atoms with van der Waals surface area (Å²) in [6, 6.07) is 0.709. The molecule has 0 heterocycles. The van der Waals surface area contributed by atoms with Gasteiger partial charge in [0, 0.05) is 31.1 Å². The first-order valence-corrected chi connectivity index (χ1v) is 14.3. The molecule has 0 bridgehead atoms. The molecule has 0 spiro atoms. The van der Waals surface area contributed by atoms with Crippen LogP contribution < -0.4 is 0 Å². The van der Waals surface area contributed by atoms with E-state index in [0.717, 1.165) is 12.4 Å². The normalized spacial score (nSPS) is 21.0. The molecule has 0 aromatic heterocycles. The maximum Gasteiger partial charge on any atom is 0.348 e. The molecular formula is C16H37NO2Si2. The lowest BCUT2D eigenvalue weighted by Gasteiger charge is -2.46. The molecule has 0 amide bonds. The highest BCUT2D eigenvalue weighted by molar-refractivity contribution is 6.67. The smallest absolute Gasteiger partial charge is 0.348 e. The van der Waals surface area contributed by atoms with E-state index < -0.39 is 17.4 Å². The van der Waals surface area contributed by atoms with E-state index in [9.17, 15) is 0 Å². The molecule has 1 aliphatic carbocycles. The first kappa shape index (κ1) is 19.4. The maximum atomic E-state index is 6.29. The molecule has 1 fully saturated rings. The molecule has 0 aromatic carbocycles.